The zero-order valence-electron chi connectivity index (χ0n) is 19.0. The molecule has 7 nitrogen and oxygen atoms in total. The number of aromatic nitrogens is 2. The molecule has 7 heteroatoms. The normalized spacial score (nSPS) is 19.7. The third kappa shape index (κ3) is 3.35. The van der Waals surface area contributed by atoms with Crippen LogP contribution in [0.4, 0.5) is 4.79 Å². The summed E-state index contributed by atoms with van der Waals surface area (Å²) < 4.78 is 1.90. The molecule has 0 bridgehead atoms. The molecular weight excluding hydrogens is 416 g/mol. The van der Waals surface area contributed by atoms with Crippen LogP contribution in [0.5, 0.6) is 0 Å². The maximum Gasteiger partial charge on any atom is 0.325 e. The smallest absolute Gasteiger partial charge is 0.319 e. The molecule has 1 fully saturated rings. The number of carbonyl (C=O) groups is 3. The molecule has 1 N–H and O–H groups in total. The number of fused-ring (bicyclic) bond motifs is 1. The summed E-state index contributed by atoms with van der Waals surface area (Å²) in [5, 5.41) is 2.82. The number of amides is 3. The van der Waals surface area contributed by atoms with Crippen molar-refractivity contribution in [3.63, 3.8) is 0 Å². The number of rotatable bonds is 5. The average molecular weight is 443 g/mol. The first-order valence-electron chi connectivity index (χ1n) is 11.2. The van der Waals surface area contributed by atoms with Crippen molar-refractivity contribution in [1.82, 2.24) is 19.8 Å². The molecule has 168 valence electrons. The van der Waals surface area contributed by atoms with E-state index in [0.717, 1.165) is 41.1 Å². The van der Waals surface area contributed by atoms with E-state index in [0.29, 0.717) is 11.4 Å². The monoisotopic (exact) mass is 442 g/mol. The summed E-state index contributed by atoms with van der Waals surface area (Å²) in [7, 11) is 0. The lowest BCUT2D eigenvalue weighted by atomic mass is 9.89. The maximum atomic E-state index is 13.4. The Bertz CT molecular complexity index is 1290. The Hall–Kier alpha value is -3.74. The Morgan fingerprint density at radius 2 is 1.88 bits per heavy atom. The van der Waals surface area contributed by atoms with Gasteiger partial charge in [-0.05, 0) is 74.9 Å². The summed E-state index contributed by atoms with van der Waals surface area (Å²) in [5.74, 6) is 0.0232. The van der Waals surface area contributed by atoms with Crippen LogP contribution in [-0.2, 0) is 23.2 Å². The zero-order valence-corrected chi connectivity index (χ0v) is 19.0. The second-order valence-electron chi connectivity index (χ2n) is 9.01. The van der Waals surface area contributed by atoms with Gasteiger partial charge in [-0.2, -0.15) is 0 Å². The van der Waals surface area contributed by atoms with Crippen LogP contribution in [0.1, 0.15) is 51.8 Å². The molecule has 1 saturated heterocycles. The summed E-state index contributed by atoms with van der Waals surface area (Å²) >= 11 is 0. The summed E-state index contributed by atoms with van der Waals surface area (Å²) in [5.41, 5.74) is 4.16. The van der Waals surface area contributed by atoms with E-state index >= 15 is 0 Å². The molecule has 1 aliphatic carbocycles. The molecule has 2 aromatic heterocycles. The van der Waals surface area contributed by atoms with E-state index in [1.807, 2.05) is 54.8 Å². The molecule has 0 spiro atoms. The van der Waals surface area contributed by atoms with Crippen molar-refractivity contribution < 1.29 is 14.4 Å². The predicted octanol–water partition coefficient (Wildman–Crippen LogP) is 3.63. The zero-order chi connectivity index (χ0) is 23.3. The SMILES string of the molecule is Cc1cc(C(=O)CN2C(=O)N[C@](C)(c3ccc4c(c3)CCC4)C2=O)c(C)n1-c1ccccn1. The number of nitrogens with one attached hydrogen (secondary N) is 1. The standard InChI is InChI=1S/C26H26N4O3/c1-16-13-21(17(2)30(16)23-9-4-5-12-27-23)22(31)15-29-24(32)26(3,28-25(29)33)20-11-10-18-7-6-8-19(18)14-20/h4-5,9-14H,6-8,15H2,1-3H3,(H,28,33)/t26-/m1/s1. The Morgan fingerprint density at radius 1 is 1.09 bits per heavy atom. The number of ketones is 1. The van der Waals surface area contributed by atoms with Crippen molar-refractivity contribution in [2.45, 2.75) is 45.6 Å². The highest BCUT2D eigenvalue weighted by Crippen LogP contribution is 2.33. The number of imide groups is 1. The summed E-state index contributed by atoms with van der Waals surface area (Å²) in [6.07, 6.45) is 4.83. The van der Waals surface area contributed by atoms with E-state index < -0.39 is 17.5 Å². The van der Waals surface area contributed by atoms with Crippen LogP contribution >= 0.6 is 0 Å². The lowest BCUT2D eigenvalue weighted by Gasteiger charge is -2.23. The van der Waals surface area contributed by atoms with Gasteiger partial charge in [0, 0.05) is 23.1 Å². The van der Waals surface area contributed by atoms with Crippen molar-refractivity contribution in [2.24, 2.45) is 0 Å². The Kier molecular flexibility index (Phi) is 4.92. The van der Waals surface area contributed by atoms with E-state index in [4.69, 9.17) is 0 Å². The molecule has 33 heavy (non-hydrogen) atoms. The minimum atomic E-state index is -1.18. The lowest BCUT2D eigenvalue weighted by Crippen LogP contribution is -2.41. The van der Waals surface area contributed by atoms with E-state index in [1.165, 1.54) is 11.1 Å². The van der Waals surface area contributed by atoms with Crippen LogP contribution in [0.25, 0.3) is 5.82 Å². The van der Waals surface area contributed by atoms with Gasteiger partial charge < -0.3 is 9.88 Å². The fourth-order valence-electron chi connectivity index (χ4n) is 5.03. The van der Waals surface area contributed by atoms with Crippen molar-refractivity contribution in [2.75, 3.05) is 6.54 Å². The predicted molar refractivity (Wildman–Crippen MR) is 123 cm³/mol. The quantitative estimate of drug-likeness (QED) is 0.483. The van der Waals surface area contributed by atoms with Gasteiger partial charge >= 0.3 is 6.03 Å². The molecule has 0 saturated carbocycles. The van der Waals surface area contributed by atoms with Crippen molar-refractivity contribution >= 4 is 17.7 Å². The number of benzene rings is 1. The van der Waals surface area contributed by atoms with Crippen molar-refractivity contribution in [3.05, 3.63) is 82.3 Å². The van der Waals surface area contributed by atoms with Gasteiger partial charge in [-0.3, -0.25) is 14.5 Å². The van der Waals surface area contributed by atoms with Crippen LogP contribution in [0.2, 0.25) is 0 Å². The van der Waals surface area contributed by atoms with E-state index in [-0.39, 0.29) is 12.3 Å². The number of nitrogens with zero attached hydrogens (tertiary/aromatic N) is 3. The minimum absolute atomic E-state index is 0.285. The highest BCUT2D eigenvalue weighted by Gasteiger charge is 2.49. The molecule has 1 aliphatic heterocycles. The van der Waals surface area contributed by atoms with Gasteiger partial charge in [0.25, 0.3) is 5.91 Å². The molecule has 3 aromatic rings. The van der Waals surface area contributed by atoms with Crippen LogP contribution in [0.15, 0.2) is 48.7 Å². The second-order valence-corrected chi connectivity index (χ2v) is 9.01. The summed E-state index contributed by atoms with van der Waals surface area (Å²) in [6.45, 7) is 5.14. The first-order valence-corrected chi connectivity index (χ1v) is 11.2. The number of pyridine rings is 1. The number of Topliss-reactive ketones (excluding diaryl/α,β-unsaturated/α-hetero) is 1. The third-order valence-corrected chi connectivity index (χ3v) is 6.86. The maximum absolute atomic E-state index is 13.4. The molecule has 2 aliphatic rings. The number of urea groups is 1. The summed E-state index contributed by atoms with van der Waals surface area (Å²) in [4.78, 5) is 44.7. The fraction of sp³-hybridized carbons (Fsp3) is 0.308. The van der Waals surface area contributed by atoms with Crippen LogP contribution < -0.4 is 5.32 Å². The van der Waals surface area contributed by atoms with E-state index in [9.17, 15) is 14.4 Å². The van der Waals surface area contributed by atoms with Gasteiger partial charge in [0.2, 0.25) is 0 Å². The second kappa shape index (κ2) is 7.69. The highest BCUT2D eigenvalue weighted by molar-refractivity contribution is 6.11. The molecular formula is C26H26N4O3. The first kappa shape index (κ1) is 21.1. The van der Waals surface area contributed by atoms with E-state index in [1.54, 1.807) is 19.2 Å². The first-order chi connectivity index (χ1) is 15.8. The molecule has 0 unspecified atom stereocenters. The molecule has 3 amide bonds. The molecule has 3 heterocycles. The minimum Gasteiger partial charge on any atom is -0.319 e. The Morgan fingerprint density at radius 3 is 2.64 bits per heavy atom. The van der Waals surface area contributed by atoms with Gasteiger partial charge in [0.15, 0.2) is 5.78 Å². The molecule has 5 rings (SSSR count). The Labute approximate surface area is 192 Å². The van der Waals surface area contributed by atoms with Gasteiger partial charge in [-0.15, -0.1) is 0 Å². The average Bonchev–Trinajstić information content (AvgIpc) is 3.45. The van der Waals surface area contributed by atoms with Crippen molar-refractivity contribution in [1.29, 1.82) is 0 Å². The number of aryl methyl sites for hydroxylation is 3. The third-order valence-electron chi connectivity index (χ3n) is 6.86. The van der Waals surface area contributed by atoms with Gasteiger partial charge in [-0.1, -0.05) is 24.3 Å². The van der Waals surface area contributed by atoms with E-state index in [2.05, 4.69) is 10.3 Å². The molecule has 1 aromatic carbocycles. The molecule has 0 radical (unpaired) electrons. The largest absolute Gasteiger partial charge is 0.325 e. The van der Waals surface area contributed by atoms with Gasteiger partial charge in [-0.25, -0.2) is 9.78 Å². The molecule has 1 atom stereocenters. The lowest BCUT2D eigenvalue weighted by molar-refractivity contribution is -0.130. The van der Waals surface area contributed by atoms with Gasteiger partial charge in [0.05, 0.1) is 6.54 Å². The van der Waals surface area contributed by atoms with Gasteiger partial charge in [0.1, 0.15) is 11.4 Å². The topological polar surface area (TPSA) is 84.3 Å². The Balaban J connectivity index is 1.41. The number of hydrogen-bond acceptors (Lipinski definition) is 4. The van der Waals surface area contributed by atoms with Crippen LogP contribution in [0, 0.1) is 13.8 Å². The van der Waals surface area contributed by atoms with Crippen LogP contribution in [0.3, 0.4) is 0 Å². The van der Waals surface area contributed by atoms with Crippen LogP contribution in [-0.4, -0.2) is 38.7 Å². The fourth-order valence-corrected chi connectivity index (χ4v) is 5.03. The number of carbonyl (C=O) groups excluding carboxylic acids is 3. The highest BCUT2D eigenvalue weighted by atomic mass is 16.2. The number of hydrogen-bond donors (Lipinski definition) is 1. The summed E-state index contributed by atoms with van der Waals surface area (Å²) in [6, 6.07) is 12.8. The van der Waals surface area contributed by atoms with Crippen molar-refractivity contribution in [3.8, 4) is 5.82 Å².